The number of allylic oxidation sites excluding steroid dienone is 1. The first kappa shape index (κ1) is 14.1. The Bertz CT molecular complexity index is 641. The van der Waals surface area contributed by atoms with Gasteiger partial charge in [0.25, 0.3) is 0 Å². The van der Waals surface area contributed by atoms with Gasteiger partial charge in [0, 0.05) is 6.20 Å². The molecule has 4 atom stereocenters. The fraction of sp³-hybridized carbons (Fsp3) is 0.400. The van der Waals surface area contributed by atoms with Gasteiger partial charge in [0.1, 0.15) is 5.82 Å². The molecule has 21 heavy (non-hydrogen) atoms. The first-order valence-electron chi connectivity index (χ1n) is 6.77. The summed E-state index contributed by atoms with van der Waals surface area (Å²) in [6.45, 7) is 3.76. The normalized spacial score (nSPS) is 31.3. The Kier molecular flexibility index (Phi) is 3.24. The number of fused-ring (bicyclic) bond motifs is 2. The van der Waals surface area contributed by atoms with E-state index in [9.17, 15) is 14.7 Å². The van der Waals surface area contributed by atoms with Crippen molar-refractivity contribution in [2.45, 2.75) is 19.9 Å². The van der Waals surface area contributed by atoms with E-state index in [1.165, 1.54) is 11.1 Å². The molecular weight excluding hydrogens is 292 g/mol. The zero-order valence-electron chi connectivity index (χ0n) is 11.7. The Labute approximate surface area is 127 Å². The van der Waals surface area contributed by atoms with Crippen molar-refractivity contribution in [3.05, 3.63) is 35.0 Å². The number of carbonyl (C=O) groups excluding carboxylic acids is 1. The molecule has 1 amide bonds. The summed E-state index contributed by atoms with van der Waals surface area (Å²) >= 11 is 5.83. The standard InChI is InChI=1S/C15H15ClN2O3/c1-7-5-8(2)13-12(15(20)21)11(7)14(19)18(13)10-4-3-9(16)6-17-10/h3-7,11-13H,1-2H3,(H,20,21). The van der Waals surface area contributed by atoms with E-state index in [1.807, 2.05) is 19.9 Å². The molecule has 2 bridgehead atoms. The number of hydrogen-bond acceptors (Lipinski definition) is 3. The first-order valence-corrected chi connectivity index (χ1v) is 7.15. The molecule has 0 spiro atoms. The number of aliphatic carboxylic acids is 1. The minimum absolute atomic E-state index is 0.0906. The summed E-state index contributed by atoms with van der Waals surface area (Å²) in [7, 11) is 0. The quantitative estimate of drug-likeness (QED) is 0.852. The summed E-state index contributed by atoms with van der Waals surface area (Å²) in [5, 5.41) is 10.0. The molecule has 0 saturated carbocycles. The van der Waals surface area contributed by atoms with Crippen LogP contribution in [0.1, 0.15) is 13.8 Å². The van der Waals surface area contributed by atoms with Crippen LogP contribution < -0.4 is 4.90 Å². The number of anilines is 1. The molecule has 1 saturated heterocycles. The van der Waals surface area contributed by atoms with Crippen molar-refractivity contribution in [1.82, 2.24) is 4.98 Å². The zero-order valence-corrected chi connectivity index (χ0v) is 12.4. The van der Waals surface area contributed by atoms with Crippen molar-refractivity contribution in [2.24, 2.45) is 17.8 Å². The van der Waals surface area contributed by atoms with Crippen molar-refractivity contribution in [1.29, 1.82) is 0 Å². The number of pyridine rings is 1. The molecule has 1 aliphatic carbocycles. The molecule has 6 heteroatoms. The predicted molar refractivity (Wildman–Crippen MR) is 78.1 cm³/mol. The third kappa shape index (κ3) is 2.03. The van der Waals surface area contributed by atoms with Gasteiger partial charge in [-0.25, -0.2) is 4.98 Å². The van der Waals surface area contributed by atoms with Crippen LogP contribution in [0.2, 0.25) is 5.02 Å². The lowest BCUT2D eigenvalue weighted by Gasteiger charge is -2.30. The Balaban J connectivity index is 2.11. The number of aromatic nitrogens is 1. The van der Waals surface area contributed by atoms with Crippen LogP contribution in [-0.4, -0.2) is 28.0 Å². The fourth-order valence-corrected chi connectivity index (χ4v) is 3.63. The number of hydrogen-bond donors (Lipinski definition) is 1. The van der Waals surface area contributed by atoms with E-state index in [0.717, 1.165) is 5.57 Å². The Hall–Kier alpha value is -1.88. The number of carbonyl (C=O) groups is 2. The van der Waals surface area contributed by atoms with Gasteiger partial charge in [-0.2, -0.15) is 0 Å². The van der Waals surface area contributed by atoms with Gasteiger partial charge in [-0.15, -0.1) is 0 Å². The van der Waals surface area contributed by atoms with E-state index in [1.54, 1.807) is 12.1 Å². The van der Waals surface area contributed by atoms with E-state index < -0.39 is 23.8 Å². The third-order valence-electron chi connectivity index (χ3n) is 4.33. The number of halogens is 1. The Morgan fingerprint density at radius 2 is 2.14 bits per heavy atom. The molecule has 1 aliphatic heterocycles. The Morgan fingerprint density at radius 3 is 2.71 bits per heavy atom. The highest BCUT2D eigenvalue weighted by molar-refractivity contribution is 6.30. The van der Waals surface area contributed by atoms with Crippen LogP contribution >= 0.6 is 11.6 Å². The van der Waals surface area contributed by atoms with Gasteiger partial charge in [0.15, 0.2) is 0 Å². The maximum absolute atomic E-state index is 12.7. The van der Waals surface area contributed by atoms with Gasteiger partial charge in [-0.3, -0.25) is 14.5 Å². The molecule has 4 unspecified atom stereocenters. The van der Waals surface area contributed by atoms with Crippen molar-refractivity contribution < 1.29 is 14.7 Å². The van der Waals surface area contributed by atoms with Crippen LogP contribution in [0.25, 0.3) is 0 Å². The third-order valence-corrected chi connectivity index (χ3v) is 4.55. The van der Waals surface area contributed by atoms with E-state index in [2.05, 4.69) is 4.98 Å². The molecule has 1 aromatic rings. The van der Waals surface area contributed by atoms with Crippen LogP contribution in [-0.2, 0) is 9.59 Å². The molecule has 3 rings (SSSR count). The average molecular weight is 307 g/mol. The van der Waals surface area contributed by atoms with Crippen LogP contribution in [0.15, 0.2) is 30.0 Å². The summed E-state index contributed by atoms with van der Waals surface area (Å²) < 4.78 is 0. The smallest absolute Gasteiger partial charge is 0.309 e. The van der Waals surface area contributed by atoms with Crippen molar-refractivity contribution in [3.63, 3.8) is 0 Å². The van der Waals surface area contributed by atoms with Crippen molar-refractivity contribution in [2.75, 3.05) is 4.90 Å². The summed E-state index contributed by atoms with van der Waals surface area (Å²) in [4.78, 5) is 30.0. The fourth-order valence-electron chi connectivity index (χ4n) is 3.52. The van der Waals surface area contributed by atoms with Gasteiger partial charge in [0.05, 0.1) is 22.9 Å². The number of amides is 1. The van der Waals surface area contributed by atoms with E-state index in [-0.39, 0.29) is 11.8 Å². The lowest BCUT2D eigenvalue weighted by atomic mass is 9.74. The molecule has 1 N–H and O–H groups in total. The second-order valence-electron chi connectivity index (χ2n) is 5.65. The molecule has 110 valence electrons. The van der Waals surface area contributed by atoms with Crippen LogP contribution in [0.5, 0.6) is 0 Å². The topological polar surface area (TPSA) is 70.5 Å². The minimum Gasteiger partial charge on any atom is -0.481 e. The van der Waals surface area contributed by atoms with E-state index in [4.69, 9.17) is 11.6 Å². The number of rotatable bonds is 2. The lowest BCUT2D eigenvalue weighted by molar-refractivity contribution is -0.145. The largest absolute Gasteiger partial charge is 0.481 e. The molecular formula is C15H15ClN2O3. The summed E-state index contributed by atoms with van der Waals surface area (Å²) in [6.07, 6.45) is 3.45. The number of carboxylic acid groups (broad SMARTS) is 1. The van der Waals surface area contributed by atoms with Crippen LogP contribution in [0.4, 0.5) is 5.82 Å². The molecule has 1 aromatic heterocycles. The van der Waals surface area contributed by atoms with Gasteiger partial charge >= 0.3 is 5.97 Å². The van der Waals surface area contributed by atoms with Crippen molar-refractivity contribution >= 4 is 29.3 Å². The summed E-state index contributed by atoms with van der Waals surface area (Å²) in [5.41, 5.74) is 0.897. The molecule has 2 heterocycles. The summed E-state index contributed by atoms with van der Waals surface area (Å²) in [5.74, 6) is -2.02. The van der Waals surface area contributed by atoms with E-state index >= 15 is 0 Å². The minimum atomic E-state index is -0.936. The average Bonchev–Trinajstić information content (AvgIpc) is 2.68. The van der Waals surface area contributed by atoms with Gasteiger partial charge < -0.3 is 5.11 Å². The van der Waals surface area contributed by atoms with Crippen LogP contribution in [0, 0.1) is 17.8 Å². The van der Waals surface area contributed by atoms with Gasteiger partial charge in [0.2, 0.25) is 5.91 Å². The maximum atomic E-state index is 12.7. The molecule has 1 fully saturated rings. The van der Waals surface area contributed by atoms with Crippen LogP contribution in [0.3, 0.4) is 0 Å². The molecule has 0 aromatic carbocycles. The van der Waals surface area contributed by atoms with Gasteiger partial charge in [-0.05, 0) is 25.0 Å². The van der Waals surface area contributed by atoms with Crippen molar-refractivity contribution in [3.8, 4) is 0 Å². The van der Waals surface area contributed by atoms with Gasteiger partial charge in [-0.1, -0.05) is 30.2 Å². The monoisotopic (exact) mass is 306 g/mol. The molecule has 0 radical (unpaired) electrons. The highest BCUT2D eigenvalue weighted by atomic mass is 35.5. The highest BCUT2D eigenvalue weighted by Gasteiger charge is 2.56. The zero-order chi connectivity index (χ0) is 15.3. The number of nitrogens with zero attached hydrogens (tertiary/aromatic N) is 2. The van der Waals surface area contributed by atoms with E-state index in [0.29, 0.717) is 10.8 Å². The Morgan fingerprint density at radius 1 is 1.43 bits per heavy atom. The summed E-state index contributed by atoms with van der Waals surface area (Å²) in [6, 6.07) is 2.83. The predicted octanol–water partition coefficient (Wildman–Crippen LogP) is 2.36. The second-order valence-corrected chi connectivity index (χ2v) is 6.08. The second kappa shape index (κ2) is 4.84. The highest BCUT2D eigenvalue weighted by Crippen LogP contribution is 2.45. The molecule has 2 aliphatic rings. The SMILES string of the molecule is CC1=CC(C)C2C(=O)N(c3ccc(Cl)cn3)C1C2C(=O)O. The maximum Gasteiger partial charge on any atom is 0.309 e. The molecule has 5 nitrogen and oxygen atoms in total. The lowest BCUT2D eigenvalue weighted by Crippen LogP contribution is -2.40. The first-order chi connectivity index (χ1) is 9.91. The number of carboxylic acids is 1.